The molecule has 0 radical (unpaired) electrons. The number of rotatable bonds is 5. The van der Waals surface area contributed by atoms with Crippen LogP contribution in [0.15, 0.2) is 6.07 Å². The number of hydrogen-bond acceptors (Lipinski definition) is 5. The third-order valence-corrected chi connectivity index (χ3v) is 3.87. The summed E-state index contributed by atoms with van der Waals surface area (Å²) in [5.74, 6) is 4.48. The molecule has 2 rings (SSSR count). The molecule has 1 aromatic heterocycles. The predicted molar refractivity (Wildman–Crippen MR) is 69.8 cm³/mol. The van der Waals surface area contributed by atoms with E-state index in [-0.39, 0.29) is 17.1 Å². The van der Waals surface area contributed by atoms with Gasteiger partial charge in [-0.3, -0.25) is 0 Å². The van der Waals surface area contributed by atoms with Crippen LogP contribution in [0.2, 0.25) is 0 Å². The van der Waals surface area contributed by atoms with Gasteiger partial charge in [0.15, 0.2) is 0 Å². The maximum Gasteiger partial charge on any atom is 0.451 e. The molecule has 5 nitrogen and oxygen atoms in total. The normalized spacial score (nSPS) is 17.1. The van der Waals surface area contributed by atoms with Crippen molar-refractivity contribution in [2.75, 3.05) is 17.3 Å². The lowest BCUT2D eigenvalue weighted by Gasteiger charge is -2.20. The number of hydrogen-bond donors (Lipinski definition) is 3. The molecule has 20 heavy (non-hydrogen) atoms. The zero-order valence-corrected chi connectivity index (χ0v) is 11.4. The summed E-state index contributed by atoms with van der Waals surface area (Å²) in [6.45, 7) is 4.83. The average Bonchev–Trinajstić information content (AvgIpc) is 3.16. The fourth-order valence-electron chi connectivity index (χ4n) is 2.12. The smallest absolute Gasteiger partial charge is 0.369 e. The lowest BCUT2D eigenvalue weighted by molar-refractivity contribution is -0.144. The van der Waals surface area contributed by atoms with Crippen LogP contribution in [0.1, 0.15) is 32.5 Å². The van der Waals surface area contributed by atoms with Crippen LogP contribution >= 0.6 is 0 Å². The van der Waals surface area contributed by atoms with Crippen molar-refractivity contribution >= 4 is 11.6 Å². The molecule has 0 aromatic carbocycles. The molecule has 0 spiro atoms. The van der Waals surface area contributed by atoms with Crippen molar-refractivity contribution in [2.24, 2.45) is 17.2 Å². The van der Waals surface area contributed by atoms with Gasteiger partial charge in [0.1, 0.15) is 11.6 Å². The molecule has 1 aromatic rings. The summed E-state index contributed by atoms with van der Waals surface area (Å²) in [4.78, 5) is 6.81. The molecule has 0 aliphatic heterocycles. The number of nitrogens with zero attached hydrogens (tertiary/aromatic N) is 2. The Bertz CT molecular complexity index is 482. The first-order valence-corrected chi connectivity index (χ1v) is 6.43. The summed E-state index contributed by atoms with van der Waals surface area (Å²) in [6, 6.07) is 1.37. The first-order valence-electron chi connectivity index (χ1n) is 6.43. The second-order valence-corrected chi connectivity index (χ2v) is 5.47. The highest BCUT2D eigenvalue weighted by Gasteiger charge is 2.45. The number of halogens is 3. The van der Waals surface area contributed by atoms with Gasteiger partial charge in [-0.2, -0.15) is 13.2 Å². The van der Waals surface area contributed by atoms with Gasteiger partial charge in [0.05, 0.1) is 0 Å². The molecule has 1 saturated carbocycles. The molecule has 1 fully saturated rings. The quantitative estimate of drug-likeness (QED) is 0.574. The average molecular weight is 289 g/mol. The minimum absolute atomic E-state index is 0.0655. The monoisotopic (exact) mass is 289 g/mol. The van der Waals surface area contributed by atoms with Crippen LogP contribution in [-0.4, -0.2) is 16.5 Å². The summed E-state index contributed by atoms with van der Waals surface area (Å²) in [7, 11) is 0. The lowest BCUT2D eigenvalue weighted by Crippen LogP contribution is -2.23. The van der Waals surface area contributed by atoms with E-state index in [1.54, 1.807) is 0 Å². The van der Waals surface area contributed by atoms with Gasteiger partial charge >= 0.3 is 6.18 Å². The number of anilines is 2. The van der Waals surface area contributed by atoms with Crippen molar-refractivity contribution in [2.45, 2.75) is 32.9 Å². The summed E-state index contributed by atoms with van der Waals surface area (Å²) in [5, 5.41) is 2.97. The second kappa shape index (κ2) is 5.08. The first kappa shape index (κ1) is 14.8. The van der Waals surface area contributed by atoms with E-state index in [4.69, 9.17) is 5.84 Å². The third-order valence-electron chi connectivity index (χ3n) is 3.87. The minimum atomic E-state index is -4.60. The Hall–Kier alpha value is -1.57. The van der Waals surface area contributed by atoms with Crippen molar-refractivity contribution < 1.29 is 13.2 Å². The molecule has 0 amide bonds. The third kappa shape index (κ3) is 3.12. The van der Waals surface area contributed by atoms with Crippen molar-refractivity contribution in [3.05, 3.63) is 11.9 Å². The Labute approximate surface area is 115 Å². The number of nitrogen functional groups attached to an aromatic ring is 1. The van der Waals surface area contributed by atoms with Crippen molar-refractivity contribution in [1.82, 2.24) is 9.97 Å². The van der Waals surface area contributed by atoms with Crippen LogP contribution in [0.5, 0.6) is 0 Å². The Morgan fingerprint density at radius 2 is 1.90 bits per heavy atom. The molecule has 112 valence electrons. The van der Waals surface area contributed by atoms with Gasteiger partial charge in [0.2, 0.25) is 5.82 Å². The topological polar surface area (TPSA) is 75.9 Å². The molecule has 0 unspecified atom stereocenters. The molecule has 0 saturated heterocycles. The van der Waals surface area contributed by atoms with Gasteiger partial charge in [0.25, 0.3) is 0 Å². The molecule has 8 heteroatoms. The Morgan fingerprint density at radius 1 is 1.30 bits per heavy atom. The zero-order chi connectivity index (χ0) is 15.0. The SMILES string of the molecule is CC(C)C1(CNc2cc(NN)nc(C(F)(F)F)n2)CC1. The lowest BCUT2D eigenvalue weighted by atomic mass is 9.92. The molecule has 0 atom stereocenters. The van der Waals surface area contributed by atoms with E-state index in [1.165, 1.54) is 6.07 Å². The fourth-order valence-corrected chi connectivity index (χ4v) is 2.12. The summed E-state index contributed by atoms with van der Waals surface area (Å²) in [6.07, 6.45) is -2.44. The minimum Gasteiger partial charge on any atom is -0.369 e. The molecule has 4 N–H and O–H groups in total. The first-order chi connectivity index (χ1) is 9.27. The van der Waals surface area contributed by atoms with E-state index < -0.39 is 12.0 Å². The fraction of sp³-hybridized carbons (Fsp3) is 0.667. The van der Waals surface area contributed by atoms with E-state index in [9.17, 15) is 13.2 Å². The van der Waals surface area contributed by atoms with Crippen LogP contribution in [0, 0.1) is 11.3 Å². The Kier molecular flexibility index (Phi) is 3.77. The second-order valence-electron chi connectivity index (χ2n) is 5.47. The zero-order valence-electron chi connectivity index (χ0n) is 11.4. The maximum absolute atomic E-state index is 12.7. The number of hydrazine groups is 1. The van der Waals surface area contributed by atoms with Crippen molar-refractivity contribution in [3.8, 4) is 0 Å². The summed E-state index contributed by atoms with van der Waals surface area (Å²) >= 11 is 0. The van der Waals surface area contributed by atoms with E-state index in [1.807, 2.05) is 0 Å². The van der Waals surface area contributed by atoms with E-state index in [0.717, 1.165) is 12.8 Å². The highest BCUT2D eigenvalue weighted by atomic mass is 19.4. The molecular formula is C12H18F3N5. The standard InChI is InChI=1S/C12H18F3N5/c1-7(2)11(3-4-11)6-17-8-5-9(20-16)19-10(18-8)12(13,14)15/h5,7H,3-4,6,16H2,1-2H3,(H2,17,18,19,20). The van der Waals surface area contributed by atoms with Gasteiger partial charge in [-0.25, -0.2) is 15.8 Å². The number of nitrogens with two attached hydrogens (primary N) is 1. The van der Waals surface area contributed by atoms with Gasteiger partial charge < -0.3 is 10.7 Å². The van der Waals surface area contributed by atoms with E-state index >= 15 is 0 Å². The molecule has 1 aliphatic rings. The molecule has 1 aliphatic carbocycles. The summed E-state index contributed by atoms with van der Waals surface area (Å²) in [5.41, 5.74) is 2.29. The highest BCUT2D eigenvalue weighted by molar-refractivity contribution is 5.47. The van der Waals surface area contributed by atoms with Crippen LogP contribution in [0.4, 0.5) is 24.8 Å². The summed E-state index contributed by atoms with van der Waals surface area (Å²) < 4.78 is 38.0. The number of alkyl halides is 3. The van der Waals surface area contributed by atoms with E-state index in [2.05, 4.69) is 34.6 Å². The van der Waals surface area contributed by atoms with Crippen LogP contribution < -0.4 is 16.6 Å². The van der Waals surface area contributed by atoms with E-state index in [0.29, 0.717) is 12.5 Å². The van der Waals surface area contributed by atoms with Gasteiger partial charge in [-0.15, -0.1) is 0 Å². The molecular weight excluding hydrogens is 271 g/mol. The molecule has 0 bridgehead atoms. The van der Waals surface area contributed by atoms with Crippen molar-refractivity contribution in [3.63, 3.8) is 0 Å². The van der Waals surface area contributed by atoms with Gasteiger partial charge in [-0.05, 0) is 24.2 Å². The van der Waals surface area contributed by atoms with Crippen LogP contribution in [-0.2, 0) is 6.18 Å². The largest absolute Gasteiger partial charge is 0.451 e. The molecule has 1 heterocycles. The predicted octanol–water partition coefficient (Wildman–Crippen LogP) is 2.63. The van der Waals surface area contributed by atoms with Crippen molar-refractivity contribution in [1.29, 1.82) is 0 Å². The Morgan fingerprint density at radius 3 is 2.35 bits per heavy atom. The van der Waals surface area contributed by atoms with Gasteiger partial charge in [0, 0.05) is 12.6 Å². The highest BCUT2D eigenvalue weighted by Crippen LogP contribution is 2.51. The number of nitrogens with one attached hydrogen (secondary N) is 2. The van der Waals surface area contributed by atoms with Crippen LogP contribution in [0.25, 0.3) is 0 Å². The van der Waals surface area contributed by atoms with Crippen LogP contribution in [0.3, 0.4) is 0 Å². The Balaban J connectivity index is 2.15. The van der Waals surface area contributed by atoms with Gasteiger partial charge in [-0.1, -0.05) is 13.8 Å². The maximum atomic E-state index is 12.7. The number of aromatic nitrogens is 2.